The van der Waals surface area contributed by atoms with E-state index in [0.29, 0.717) is 16.9 Å². The maximum atomic E-state index is 12.9. The largest absolute Gasteiger partial charge is 0.340 e. The predicted molar refractivity (Wildman–Crippen MR) is 130 cm³/mol. The molecular formula is C27H23N3O3. The van der Waals surface area contributed by atoms with Crippen molar-refractivity contribution in [2.45, 2.75) is 13.0 Å². The van der Waals surface area contributed by atoms with Crippen molar-refractivity contribution in [3.8, 4) is 0 Å². The molecule has 164 valence electrons. The third-order valence-electron chi connectivity index (χ3n) is 5.24. The fourth-order valence-electron chi connectivity index (χ4n) is 3.49. The zero-order valence-electron chi connectivity index (χ0n) is 18.0. The number of fused-ring (bicyclic) bond motifs is 1. The van der Waals surface area contributed by atoms with Gasteiger partial charge in [0.25, 0.3) is 11.8 Å². The molecule has 0 spiro atoms. The van der Waals surface area contributed by atoms with E-state index in [-0.39, 0.29) is 17.4 Å². The summed E-state index contributed by atoms with van der Waals surface area (Å²) in [7, 11) is 0. The van der Waals surface area contributed by atoms with Crippen LogP contribution in [0.3, 0.4) is 0 Å². The van der Waals surface area contributed by atoms with Crippen molar-refractivity contribution in [2.24, 2.45) is 0 Å². The summed E-state index contributed by atoms with van der Waals surface area (Å²) in [5, 5.41) is 10.3. The molecule has 0 saturated heterocycles. The van der Waals surface area contributed by atoms with E-state index in [0.717, 1.165) is 10.8 Å². The first kappa shape index (κ1) is 21.8. The molecule has 0 fully saturated rings. The van der Waals surface area contributed by atoms with Crippen LogP contribution in [0.4, 0.5) is 11.4 Å². The van der Waals surface area contributed by atoms with E-state index < -0.39 is 11.9 Å². The molecule has 6 heteroatoms. The molecule has 33 heavy (non-hydrogen) atoms. The molecule has 3 N–H and O–H groups in total. The summed E-state index contributed by atoms with van der Waals surface area (Å²) in [4.78, 5) is 38.2. The van der Waals surface area contributed by atoms with Gasteiger partial charge in [0.2, 0.25) is 5.91 Å². The van der Waals surface area contributed by atoms with Crippen LogP contribution in [0.25, 0.3) is 10.8 Å². The highest BCUT2D eigenvalue weighted by Crippen LogP contribution is 2.23. The second-order valence-corrected chi connectivity index (χ2v) is 7.58. The molecule has 0 bridgehead atoms. The molecule has 4 aromatic rings. The number of rotatable bonds is 6. The van der Waals surface area contributed by atoms with Crippen molar-refractivity contribution in [2.75, 3.05) is 10.6 Å². The molecule has 4 aromatic carbocycles. The molecule has 0 radical (unpaired) electrons. The zero-order valence-corrected chi connectivity index (χ0v) is 18.0. The number of nitrogens with one attached hydrogen (secondary N) is 3. The van der Waals surface area contributed by atoms with Gasteiger partial charge in [-0.15, -0.1) is 0 Å². The number of carbonyl (C=O) groups excluding carboxylic acids is 3. The summed E-state index contributed by atoms with van der Waals surface area (Å²) in [6.07, 6.45) is 0. The van der Waals surface area contributed by atoms with Crippen molar-refractivity contribution in [3.63, 3.8) is 0 Å². The maximum absolute atomic E-state index is 12.9. The van der Waals surface area contributed by atoms with E-state index in [4.69, 9.17) is 0 Å². The number of anilines is 2. The van der Waals surface area contributed by atoms with Crippen molar-refractivity contribution >= 4 is 39.9 Å². The standard InChI is InChI=1S/C27H23N3O3/c1-18(25(31)29-23-17-9-13-19-10-5-6-14-21(19)23)28-27(33)22-15-7-8-16-24(22)30-26(32)20-11-3-2-4-12-20/h2-18H,1H3,(H,28,33)(H,29,31)(H,30,32). The van der Waals surface area contributed by atoms with Gasteiger partial charge in [-0.2, -0.15) is 0 Å². The van der Waals surface area contributed by atoms with E-state index in [9.17, 15) is 14.4 Å². The van der Waals surface area contributed by atoms with Gasteiger partial charge in [0, 0.05) is 16.6 Å². The summed E-state index contributed by atoms with van der Waals surface area (Å²) in [5.41, 5.74) is 1.79. The van der Waals surface area contributed by atoms with Crippen LogP contribution in [0.2, 0.25) is 0 Å². The number of para-hydroxylation sites is 1. The highest BCUT2D eigenvalue weighted by molar-refractivity contribution is 6.10. The summed E-state index contributed by atoms with van der Waals surface area (Å²) in [6.45, 7) is 1.61. The Morgan fingerprint density at radius 1 is 0.636 bits per heavy atom. The van der Waals surface area contributed by atoms with Gasteiger partial charge in [-0.1, -0.05) is 66.7 Å². The summed E-state index contributed by atoms with van der Waals surface area (Å²) in [5.74, 6) is -1.12. The molecule has 0 aliphatic heterocycles. The lowest BCUT2D eigenvalue weighted by molar-refractivity contribution is -0.117. The minimum absolute atomic E-state index is 0.270. The molecule has 0 heterocycles. The van der Waals surface area contributed by atoms with Crippen LogP contribution in [0.1, 0.15) is 27.6 Å². The van der Waals surface area contributed by atoms with Crippen LogP contribution in [-0.2, 0) is 4.79 Å². The summed E-state index contributed by atoms with van der Waals surface area (Å²) >= 11 is 0. The molecular weight excluding hydrogens is 414 g/mol. The van der Waals surface area contributed by atoms with Gasteiger partial charge in [0.1, 0.15) is 6.04 Å². The third kappa shape index (κ3) is 5.07. The number of carbonyl (C=O) groups is 3. The van der Waals surface area contributed by atoms with Crippen LogP contribution in [0.5, 0.6) is 0 Å². The Bertz CT molecular complexity index is 1310. The first-order valence-electron chi connectivity index (χ1n) is 10.6. The maximum Gasteiger partial charge on any atom is 0.255 e. The van der Waals surface area contributed by atoms with E-state index in [2.05, 4.69) is 16.0 Å². The number of hydrogen-bond donors (Lipinski definition) is 3. The average molecular weight is 437 g/mol. The normalized spacial score (nSPS) is 11.4. The highest BCUT2D eigenvalue weighted by atomic mass is 16.2. The Hall–Kier alpha value is -4.45. The highest BCUT2D eigenvalue weighted by Gasteiger charge is 2.20. The fraction of sp³-hybridized carbons (Fsp3) is 0.0741. The summed E-state index contributed by atoms with van der Waals surface area (Å²) < 4.78 is 0. The van der Waals surface area contributed by atoms with Gasteiger partial charge in [-0.3, -0.25) is 14.4 Å². The van der Waals surface area contributed by atoms with Crippen LogP contribution < -0.4 is 16.0 Å². The van der Waals surface area contributed by atoms with E-state index in [1.165, 1.54) is 0 Å². The number of benzene rings is 4. The third-order valence-corrected chi connectivity index (χ3v) is 5.24. The van der Waals surface area contributed by atoms with Crippen LogP contribution in [0.15, 0.2) is 97.1 Å². The number of hydrogen-bond acceptors (Lipinski definition) is 3. The van der Waals surface area contributed by atoms with Crippen molar-refractivity contribution in [1.29, 1.82) is 0 Å². The van der Waals surface area contributed by atoms with Gasteiger partial charge < -0.3 is 16.0 Å². The van der Waals surface area contributed by atoms with Gasteiger partial charge in [-0.25, -0.2) is 0 Å². The van der Waals surface area contributed by atoms with Crippen LogP contribution >= 0.6 is 0 Å². The van der Waals surface area contributed by atoms with Crippen molar-refractivity contribution in [1.82, 2.24) is 5.32 Å². The average Bonchev–Trinajstić information content (AvgIpc) is 2.85. The van der Waals surface area contributed by atoms with Crippen molar-refractivity contribution in [3.05, 3.63) is 108 Å². The monoisotopic (exact) mass is 437 g/mol. The van der Waals surface area contributed by atoms with Crippen molar-refractivity contribution < 1.29 is 14.4 Å². The van der Waals surface area contributed by atoms with Crippen LogP contribution in [-0.4, -0.2) is 23.8 Å². The lowest BCUT2D eigenvalue weighted by Crippen LogP contribution is -2.41. The minimum atomic E-state index is -0.797. The van der Waals surface area contributed by atoms with Gasteiger partial charge in [0.15, 0.2) is 0 Å². The quantitative estimate of drug-likeness (QED) is 0.403. The molecule has 4 rings (SSSR count). The van der Waals surface area contributed by atoms with Gasteiger partial charge in [0.05, 0.1) is 11.3 Å². The predicted octanol–water partition coefficient (Wildman–Crippen LogP) is 4.85. The lowest BCUT2D eigenvalue weighted by atomic mass is 10.1. The van der Waals surface area contributed by atoms with E-state index in [1.54, 1.807) is 55.5 Å². The first-order chi connectivity index (χ1) is 16.0. The first-order valence-corrected chi connectivity index (χ1v) is 10.6. The molecule has 3 amide bonds. The Morgan fingerprint density at radius 2 is 1.27 bits per heavy atom. The number of amides is 3. The Morgan fingerprint density at radius 3 is 2.09 bits per heavy atom. The second kappa shape index (κ2) is 9.78. The SMILES string of the molecule is CC(NC(=O)c1ccccc1NC(=O)c1ccccc1)C(=O)Nc1cccc2ccccc12. The molecule has 0 aliphatic rings. The molecule has 0 aromatic heterocycles. The zero-order chi connectivity index (χ0) is 23.2. The summed E-state index contributed by atoms with van der Waals surface area (Å²) in [6, 6.07) is 28.0. The smallest absolute Gasteiger partial charge is 0.255 e. The molecule has 0 saturated carbocycles. The Balaban J connectivity index is 1.46. The second-order valence-electron chi connectivity index (χ2n) is 7.58. The van der Waals surface area contributed by atoms with E-state index in [1.807, 2.05) is 48.5 Å². The molecule has 6 nitrogen and oxygen atoms in total. The minimum Gasteiger partial charge on any atom is -0.340 e. The Labute approximate surface area is 191 Å². The van der Waals surface area contributed by atoms with E-state index >= 15 is 0 Å². The molecule has 1 atom stereocenters. The van der Waals surface area contributed by atoms with Gasteiger partial charge >= 0.3 is 0 Å². The Kier molecular flexibility index (Phi) is 6.45. The molecule has 0 aliphatic carbocycles. The fourth-order valence-corrected chi connectivity index (χ4v) is 3.49. The van der Waals surface area contributed by atoms with Gasteiger partial charge in [-0.05, 0) is 42.6 Å². The molecule has 1 unspecified atom stereocenters. The van der Waals surface area contributed by atoms with Crippen LogP contribution in [0, 0.1) is 0 Å². The topological polar surface area (TPSA) is 87.3 Å². The lowest BCUT2D eigenvalue weighted by Gasteiger charge is -2.17.